The Kier molecular flexibility index (Phi) is 4.81. The van der Waals surface area contributed by atoms with E-state index in [1.54, 1.807) is 4.68 Å². The van der Waals surface area contributed by atoms with Crippen LogP contribution in [0.3, 0.4) is 0 Å². The van der Waals surface area contributed by atoms with E-state index in [-0.39, 0.29) is 24.2 Å². The maximum atomic E-state index is 12.0. The van der Waals surface area contributed by atoms with Crippen molar-refractivity contribution in [3.8, 4) is 0 Å². The number of hydrogen-bond donors (Lipinski definition) is 1. The molecule has 0 aromatic carbocycles. The number of nitrogens with two attached hydrogens (primary N) is 1. The topological polar surface area (TPSA) is 73.8 Å². The average molecular weight is 238 g/mol. The smallest absolute Gasteiger partial charge is 0.157 e. The van der Waals surface area contributed by atoms with Crippen LogP contribution in [0.5, 0.6) is 0 Å². The summed E-state index contributed by atoms with van der Waals surface area (Å²) < 4.78 is 1.77. The van der Waals surface area contributed by atoms with Crippen molar-refractivity contribution in [1.29, 1.82) is 0 Å². The lowest BCUT2D eigenvalue weighted by atomic mass is 9.95. The Labute approximate surface area is 102 Å². The first-order chi connectivity index (χ1) is 7.97. The summed E-state index contributed by atoms with van der Waals surface area (Å²) in [5.74, 6) is 0.941. The van der Waals surface area contributed by atoms with Gasteiger partial charge in [0.05, 0.1) is 12.5 Å². The highest BCUT2D eigenvalue weighted by atomic mass is 16.1. The first-order valence-electron chi connectivity index (χ1n) is 6.14. The zero-order valence-corrected chi connectivity index (χ0v) is 11.1. The molecule has 0 saturated carbocycles. The van der Waals surface area contributed by atoms with Crippen LogP contribution in [-0.2, 0) is 11.2 Å². The number of ketones is 1. The highest BCUT2D eigenvalue weighted by molar-refractivity contribution is 5.85. The summed E-state index contributed by atoms with van der Waals surface area (Å²) in [5, 5.41) is 4.11. The Morgan fingerprint density at radius 3 is 2.65 bits per heavy atom. The molecule has 17 heavy (non-hydrogen) atoms. The van der Waals surface area contributed by atoms with Gasteiger partial charge < -0.3 is 5.73 Å². The molecule has 0 fully saturated rings. The number of carbonyl (C=O) groups is 1. The van der Waals surface area contributed by atoms with Gasteiger partial charge in [-0.05, 0) is 19.8 Å². The van der Waals surface area contributed by atoms with E-state index in [0.29, 0.717) is 5.82 Å². The molecule has 2 unspecified atom stereocenters. The summed E-state index contributed by atoms with van der Waals surface area (Å²) in [5.41, 5.74) is 5.91. The van der Waals surface area contributed by atoms with Gasteiger partial charge in [-0.1, -0.05) is 20.3 Å². The lowest BCUT2D eigenvalue weighted by Crippen LogP contribution is -2.38. The largest absolute Gasteiger partial charge is 0.321 e. The molecule has 5 nitrogen and oxygen atoms in total. The molecule has 2 atom stereocenters. The van der Waals surface area contributed by atoms with E-state index in [9.17, 15) is 4.79 Å². The number of rotatable bonds is 6. The van der Waals surface area contributed by atoms with Gasteiger partial charge in [-0.15, -0.1) is 0 Å². The molecule has 96 valence electrons. The van der Waals surface area contributed by atoms with Crippen molar-refractivity contribution in [2.24, 2.45) is 11.7 Å². The first kappa shape index (κ1) is 13.8. The molecular formula is C12H22N4O. The molecule has 1 rings (SSSR count). The van der Waals surface area contributed by atoms with Crippen LogP contribution in [0.15, 0.2) is 6.33 Å². The van der Waals surface area contributed by atoms with E-state index in [1.165, 1.54) is 6.33 Å². The number of hydrogen-bond acceptors (Lipinski definition) is 4. The van der Waals surface area contributed by atoms with Crippen LogP contribution in [0.1, 0.15) is 46.0 Å². The Morgan fingerprint density at radius 2 is 2.12 bits per heavy atom. The average Bonchev–Trinajstić information content (AvgIpc) is 2.75. The molecule has 0 aliphatic carbocycles. The fraction of sp³-hybridized carbons (Fsp3) is 0.750. The van der Waals surface area contributed by atoms with Crippen molar-refractivity contribution < 1.29 is 4.79 Å². The lowest BCUT2D eigenvalue weighted by Gasteiger charge is -2.17. The Bertz CT molecular complexity index is 372. The minimum absolute atomic E-state index is 0.0363. The van der Waals surface area contributed by atoms with Crippen molar-refractivity contribution in [3.05, 3.63) is 12.2 Å². The molecule has 1 aromatic heterocycles. The van der Waals surface area contributed by atoms with Crippen molar-refractivity contribution in [2.75, 3.05) is 0 Å². The van der Waals surface area contributed by atoms with Gasteiger partial charge in [0.1, 0.15) is 12.2 Å². The molecule has 1 heterocycles. The van der Waals surface area contributed by atoms with Crippen LogP contribution in [-0.4, -0.2) is 26.6 Å². The second-order valence-electron chi connectivity index (χ2n) is 4.77. The van der Waals surface area contributed by atoms with Crippen LogP contribution in [0.2, 0.25) is 0 Å². The van der Waals surface area contributed by atoms with Crippen LogP contribution in [0, 0.1) is 5.92 Å². The van der Waals surface area contributed by atoms with E-state index in [1.807, 2.05) is 27.7 Å². The predicted octanol–water partition coefficient (Wildman–Crippen LogP) is 1.34. The number of aromatic nitrogens is 3. The molecule has 0 bridgehead atoms. The third kappa shape index (κ3) is 3.36. The molecule has 0 amide bonds. The van der Waals surface area contributed by atoms with Gasteiger partial charge in [0.15, 0.2) is 5.78 Å². The van der Waals surface area contributed by atoms with E-state index < -0.39 is 6.04 Å². The minimum Gasteiger partial charge on any atom is -0.321 e. The van der Waals surface area contributed by atoms with Crippen LogP contribution in [0.4, 0.5) is 0 Å². The van der Waals surface area contributed by atoms with E-state index in [2.05, 4.69) is 10.1 Å². The van der Waals surface area contributed by atoms with E-state index in [0.717, 1.165) is 6.42 Å². The summed E-state index contributed by atoms with van der Waals surface area (Å²) in [6.07, 6.45) is 2.66. The fourth-order valence-electron chi connectivity index (χ4n) is 1.68. The number of Topliss-reactive ketones (excluding diaryl/α,β-unsaturated/α-hetero) is 1. The summed E-state index contributed by atoms with van der Waals surface area (Å²) in [6.45, 7) is 8.05. The third-order valence-corrected chi connectivity index (χ3v) is 3.10. The molecule has 0 radical (unpaired) electrons. The van der Waals surface area contributed by atoms with E-state index in [4.69, 9.17) is 5.73 Å². The minimum atomic E-state index is -0.405. The second kappa shape index (κ2) is 5.91. The van der Waals surface area contributed by atoms with Gasteiger partial charge in [-0.3, -0.25) is 4.79 Å². The maximum Gasteiger partial charge on any atom is 0.157 e. The van der Waals surface area contributed by atoms with Gasteiger partial charge in [-0.2, -0.15) is 5.10 Å². The van der Waals surface area contributed by atoms with Gasteiger partial charge in [0, 0.05) is 6.04 Å². The van der Waals surface area contributed by atoms with Crippen molar-refractivity contribution in [3.63, 3.8) is 0 Å². The summed E-state index contributed by atoms with van der Waals surface area (Å²) in [6, 6.07) is -0.197. The zero-order chi connectivity index (χ0) is 13.0. The van der Waals surface area contributed by atoms with E-state index >= 15 is 0 Å². The van der Waals surface area contributed by atoms with Crippen LogP contribution < -0.4 is 5.73 Å². The molecule has 0 aliphatic rings. The van der Waals surface area contributed by atoms with Crippen LogP contribution in [0.25, 0.3) is 0 Å². The SMILES string of the molecule is CCC(C)C(N)C(=O)Cc1ncnn1C(C)C. The molecule has 0 aliphatic heterocycles. The normalized spacial score (nSPS) is 14.9. The third-order valence-electron chi connectivity index (χ3n) is 3.10. The fourth-order valence-corrected chi connectivity index (χ4v) is 1.68. The van der Waals surface area contributed by atoms with Gasteiger partial charge >= 0.3 is 0 Å². The van der Waals surface area contributed by atoms with Crippen molar-refractivity contribution in [1.82, 2.24) is 14.8 Å². The summed E-state index contributed by atoms with van der Waals surface area (Å²) in [4.78, 5) is 16.1. The molecule has 0 saturated heterocycles. The Balaban J connectivity index is 2.71. The Hall–Kier alpha value is -1.23. The van der Waals surface area contributed by atoms with Crippen molar-refractivity contribution >= 4 is 5.78 Å². The lowest BCUT2D eigenvalue weighted by molar-refractivity contribution is -0.120. The molecule has 5 heteroatoms. The summed E-state index contributed by atoms with van der Waals surface area (Å²) >= 11 is 0. The molecule has 0 spiro atoms. The van der Waals surface area contributed by atoms with Gasteiger partial charge in [0.25, 0.3) is 0 Å². The maximum absolute atomic E-state index is 12.0. The molecular weight excluding hydrogens is 216 g/mol. The van der Waals surface area contributed by atoms with Crippen LogP contribution >= 0.6 is 0 Å². The monoisotopic (exact) mass is 238 g/mol. The second-order valence-corrected chi connectivity index (χ2v) is 4.77. The predicted molar refractivity (Wildman–Crippen MR) is 66.5 cm³/mol. The number of carbonyl (C=O) groups excluding carboxylic acids is 1. The molecule has 1 aromatic rings. The zero-order valence-electron chi connectivity index (χ0n) is 11.1. The first-order valence-corrected chi connectivity index (χ1v) is 6.14. The standard InChI is InChI=1S/C12H22N4O/c1-5-9(4)12(13)10(17)6-11-14-7-15-16(11)8(2)3/h7-9,12H,5-6,13H2,1-4H3. The molecule has 2 N–H and O–H groups in total. The number of nitrogens with zero attached hydrogens (tertiary/aromatic N) is 3. The quantitative estimate of drug-likeness (QED) is 0.811. The highest BCUT2D eigenvalue weighted by Gasteiger charge is 2.21. The van der Waals surface area contributed by atoms with Gasteiger partial charge in [0.2, 0.25) is 0 Å². The van der Waals surface area contributed by atoms with Gasteiger partial charge in [-0.25, -0.2) is 9.67 Å². The Morgan fingerprint density at radius 1 is 1.47 bits per heavy atom. The van der Waals surface area contributed by atoms with Crippen molar-refractivity contribution in [2.45, 2.75) is 52.6 Å². The highest BCUT2D eigenvalue weighted by Crippen LogP contribution is 2.11. The summed E-state index contributed by atoms with van der Waals surface area (Å²) in [7, 11) is 0.